The molecule has 0 bridgehead atoms. The van der Waals surface area contributed by atoms with Crippen molar-refractivity contribution in [2.45, 2.75) is 65.6 Å². The average Bonchev–Trinajstić information content (AvgIpc) is 2.53. The Morgan fingerprint density at radius 1 is 1.12 bits per heavy atom. The zero-order valence-corrected chi connectivity index (χ0v) is 15.5. The molecule has 1 aromatic rings. The molecule has 0 aliphatic heterocycles. The number of ether oxygens (including phenoxy) is 1. The van der Waals surface area contributed by atoms with Gasteiger partial charge in [0.1, 0.15) is 6.26 Å². The lowest BCUT2D eigenvalue weighted by atomic mass is 9.92. The van der Waals surface area contributed by atoms with Crippen molar-refractivity contribution >= 4 is 6.09 Å². The first-order valence-electron chi connectivity index (χ1n) is 8.39. The molecule has 0 aromatic heterocycles. The third kappa shape index (κ3) is 5.55. The number of carbonyl (C=O) groups is 1. The molecule has 4 heteroatoms. The summed E-state index contributed by atoms with van der Waals surface area (Å²) >= 11 is 0. The Bertz CT molecular complexity index is 578. The van der Waals surface area contributed by atoms with E-state index in [2.05, 4.69) is 5.73 Å². The molecular weight excluding hydrogens is 302 g/mol. The molecule has 2 atom stereocenters. The predicted octanol–water partition coefficient (Wildman–Crippen LogP) is 4.47. The van der Waals surface area contributed by atoms with Gasteiger partial charge in [-0.15, -0.1) is 0 Å². The Balaban J connectivity index is 2.77. The molecular formula is C20H29NO3. The van der Waals surface area contributed by atoms with Gasteiger partial charge in [-0.2, -0.15) is 0 Å². The Morgan fingerprint density at radius 3 is 2.17 bits per heavy atom. The van der Waals surface area contributed by atoms with Crippen molar-refractivity contribution < 1.29 is 14.6 Å². The average molecular weight is 331 g/mol. The number of amides is 1. The van der Waals surface area contributed by atoms with Gasteiger partial charge in [-0.1, -0.05) is 43.0 Å². The quantitative estimate of drug-likeness (QED) is 0.618. The summed E-state index contributed by atoms with van der Waals surface area (Å²) in [5.41, 5.74) is 4.54. The molecule has 0 aliphatic carbocycles. The van der Waals surface area contributed by atoms with Crippen LogP contribution < -0.4 is 0 Å². The van der Waals surface area contributed by atoms with E-state index in [1.54, 1.807) is 11.8 Å². The summed E-state index contributed by atoms with van der Waals surface area (Å²) in [6, 6.07) is 9.91. The van der Waals surface area contributed by atoms with Crippen molar-refractivity contribution in [3.8, 4) is 0 Å². The minimum Gasteiger partial charge on any atom is -0.410 e. The van der Waals surface area contributed by atoms with Crippen molar-refractivity contribution in [3.05, 3.63) is 53.5 Å². The highest BCUT2D eigenvalue weighted by Gasteiger charge is 2.21. The summed E-state index contributed by atoms with van der Waals surface area (Å²) in [7, 11) is 0. The van der Waals surface area contributed by atoms with E-state index in [0.29, 0.717) is 5.57 Å². The zero-order valence-electron chi connectivity index (χ0n) is 15.5. The molecule has 0 spiro atoms. The first-order chi connectivity index (χ1) is 11.3. The molecule has 1 aromatic carbocycles. The summed E-state index contributed by atoms with van der Waals surface area (Å²) in [4.78, 5) is 13.7. The monoisotopic (exact) mass is 331 g/mol. The van der Waals surface area contributed by atoms with Gasteiger partial charge in [0.25, 0.3) is 0 Å². The predicted molar refractivity (Wildman–Crippen MR) is 96.7 cm³/mol. The van der Waals surface area contributed by atoms with Crippen LogP contribution in [0.5, 0.6) is 0 Å². The van der Waals surface area contributed by atoms with Gasteiger partial charge in [0.15, 0.2) is 0 Å². The molecule has 1 rings (SSSR count). The third-order valence-corrected chi connectivity index (χ3v) is 4.01. The molecule has 24 heavy (non-hydrogen) atoms. The fraction of sp³-hybridized carbons (Fsp3) is 0.500. The highest BCUT2D eigenvalue weighted by molar-refractivity contribution is 5.68. The number of hydrogen-bond acceptors (Lipinski definition) is 3. The van der Waals surface area contributed by atoms with Crippen molar-refractivity contribution in [1.82, 2.24) is 4.90 Å². The number of rotatable bonds is 6. The van der Waals surface area contributed by atoms with E-state index >= 15 is 0 Å². The van der Waals surface area contributed by atoms with Crippen LogP contribution in [0.3, 0.4) is 0 Å². The van der Waals surface area contributed by atoms with E-state index in [0.717, 1.165) is 5.56 Å². The molecule has 0 fully saturated rings. The van der Waals surface area contributed by atoms with Gasteiger partial charge in [-0.3, -0.25) is 0 Å². The molecule has 0 radical (unpaired) electrons. The molecule has 0 aliphatic rings. The molecule has 1 N–H and O–H groups in total. The van der Waals surface area contributed by atoms with Crippen LogP contribution in [0.2, 0.25) is 0 Å². The fourth-order valence-corrected chi connectivity index (χ4v) is 2.65. The molecule has 0 unspecified atom stereocenters. The number of carbonyl (C=O) groups excluding carboxylic acids is 1. The van der Waals surface area contributed by atoms with E-state index in [-0.39, 0.29) is 18.0 Å². The van der Waals surface area contributed by atoms with E-state index in [1.807, 2.05) is 65.0 Å². The molecule has 4 nitrogen and oxygen atoms in total. The first-order valence-corrected chi connectivity index (χ1v) is 8.39. The minimum atomic E-state index is -0.686. The highest BCUT2D eigenvalue weighted by Crippen LogP contribution is 2.22. The van der Waals surface area contributed by atoms with Crippen LogP contribution in [0, 0.1) is 0 Å². The lowest BCUT2D eigenvalue weighted by Gasteiger charge is -2.28. The van der Waals surface area contributed by atoms with Crippen molar-refractivity contribution in [3.63, 3.8) is 0 Å². The van der Waals surface area contributed by atoms with Gasteiger partial charge < -0.3 is 14.7 Å². The number of benzene rings is 1. The maximum absolute atomic E-state index is 12.1. The SMILES string of the molecule is CC(=C=COC(=O)N(C(C)C)C(C)C)[C@@H](O)[C@@H](C)c1ccccc1. The number of hydrogen-bond donors (Lipinski definition) is 1. The van der Waals surface area contributed by atoms with E-state index < -0.39 is 12.2 Å². The number of aliphatic hydroxyl groups is 1. The van der Waals surface area contributed by atoms with Gasteiger partial charge in [-0.25, -0.2) is 4.79 Å². The molecule has 0 saturated carbocycles. The van der Waals surface area contributed by atoms with Gasteiger partial charge in [0.2, 0.25) is 0 Å². The lowest BCUT2D eigenvalue weighted by molar-refractivity contribution is 0.109. The summed E-state index contributed by atoms with van der Waals surface area (Å²) in [6.45, 7) is 11.5. The lowest BCUT2D eigenvalue weighted by Crippen LogP contribution is -2.41. The van der Waals surface area contributed by atoms with Crippen LogP contribution in [-0.4, -0.2) is 34.3 Å². The largest absolute Gasteiger partial charge is 0.415 e. The van der Waals surface area contributed by atoms with Crippen molar-refractivity contribution in [1.29, 1.82) is 0 Å². The normalized spacial score (nSPS) is 13.2. The maximum Gasteiger partial charge on any atom is 0.415 e. The van der Waals surface area contributed by atoms with Crippen LogP contribution in [0.4, 0.5) is 4.79 Å². The topological polar surface area (TPSA) is 49.8 Å². The Hall–Kier alpha value is -2.03. The Labute approximate surface area is 145 Å². The molecule has 132 valence electrons. The molecule has 0 heterocycles. The van der Waals surface area contributed by atoms with E-state index in [4.69, 9.17) is 4.74 Å². The second-order valence-corrected chi connectivity index (χ2v) is 6.57. The summed E-state index contributed by atoms with van der Waals surface area (Å²) in [5.74, 6) is -0.0642. The Kier molecular flexibility index (Phi) is 7.76. The third-order valence-electron chi connectivity index (χ3n) is 4.01. The maximum atomic E-state index is 12.1. The fourth-order valence-electron chi connectivity index (χ4n) is 2.65. The van der Waals surface area contributed by atoms with Crippen molar-refractivity contribution in [2.75, 3.05) is 0 Å². The van der Waals surface area contributed by atoms with Crippen LogP contribution in [0.25, 0.3) is 0 Å². The zero-order chi connectivity index (χ0) is 18.3. The van der Waals surface area contributed by atoms with Gasteiger partial charge in [0, 0.05) is 23.6 Å². The summed E-state index contributed by atoms with van der Waals surface area (Å²) < 4.78 is 5.15. The standard InChI is InChI=1S/C20H29NO3/c1-14(2)21(15(3)4)20(23)24-13-12-16(5)19(22)17(6)18-10-8-7-9-11-18/h7-11,13-15,17,19,22H,1-6H3/t12?,17-,19+/m0/s1. The first kappa shape index (κ1) is 20.0. The van der Waals surface area contributed by atoms with Gasteiger partial charge in [0.05, 0.1) is 6.10 Å². The smallest absolute Gasteiger partial charge is 0.410 e. The van der Waals surface area contributed by atoms with Crippen LogP contribution in [0.1, 0.15) is 53.0 Å². The van der Waals surface area contributed by atoms with Crippen molar-refractivity contribution in [2.24, 2.45) is 0 Å². The van der Waals surface area contributed by atoms with Crippen LogP contribution in [0.15, 0.2) is 47.9 Å². The highest BCUT2D eigenvalue weighted by atomic mass is 16.5. The van der Waals surface area contributed by atoms with E-state index in [9.17, 15) is 9.90 Å². The summed E-state index contributed by atoms with van der Waals surface area (Å²) in [5, 5.41) is 10.4. The second-order valence-electron chi connectivity index (χ2n) is 6.57. The van der Waals surface area contributed by atoms with Gasteiger partial charge in [-0.05, 0) is 40.2 Å². The Morgan fingerprint density at radius 2 is 1.67 bits per heavy atom. The number of aliphatic hydroxyl groups excluding tert-OH is 1. The minimum absolute atomic E-state index is 0.0552. The van der Waals surface area contributed by atoms with Crippen LogP contribution in [-0.2, 0) is 4.74 Å². The van der Waals surface area contributed by atoms with E-state index in [1.165, 1.54) is 6.26 Å². The molecule has 0 saturated heterocycles. The second kappa shape index (κ2) is 9.31. The van der Waals surface area contributed by atoms with Gasteiger partial charge >= 0.3 is 6.09 Å². The summed E-state index contributed by atoms with van der Waals surface area (Å²) in [6.07, 6.45) is 0.135. The number of nitrogens with zero attached hydrogens (tertiary/aromatic N) is 1. The van der Waals surface area contributed by atoms with Crippen LogP contribution >= 0.6 is 0 Å². The molecule has 1 amide bonds.